The summed E-state index contributed by atoms with van der Waals surface area (Å²) in [6.07, 6.45) is 9.37. The van der Waals surface area contributed by atoms with E-state index in [0.29, 0.717) is 61.8 Å². The number of aliphatic imine (C=N–C) groups is 1. The fourth-order valence-corrected chi connectivity index (χ4v) is 18.9. The van der Waals surface area contributed by atoms with Crippen molar-refractivity contribution in [2.24, 2.45) is 46.0 Å². The Labute approximate surface area is 529 Å². The molecule has 466 valence electrons. The number of phenolic OH excluding ortho intramolecular Hbond substituents is 1. The third-order valence-electron chi connectivity index (χ3n) is 22.2. The number of aliphatic hydroxyl groups is 3. The summed E-state index contributed by atoms with van der Waals surface area (Å²) in [6.45, 7) is 2.09. The number of rotatable bonds is 11. The van der Waals surface area contributed by atoms with E-state index in [2.05, 4.69) is 122 Å². The van der Waals surface area contributed by atoms with Gasteiger partial charge in [0.25, 0.3) is 10.1 Å². The van der Waals surface area contributed by atoms with Gasteiger partial charge in [-0.05, 0) is 210 Å². The zero-order valence-electron chi connectivity index (χ0n) is 51.2. The summed E-state index contributed by atoms with van der Waals surface area (Å²) < 4.78 is 55.6. The Bertz CT molecular complexity index is 4060. The topological polar surface area (TPSA) is 218 Å². The molecule has 12 nitrogen and oxygen atoms in total. The van der Waals surface area contributed by atoms with Gasteiger partial charge in [0.15, 0.2) is 5.96 Å². The van der Waals surface area contributed by atoms with Gasteiger partial charge in [-0.25, -0.2) is 4.99 Å². The van der Waals surface area contributed by atoms with Crippen molar-refractivity contribution in [3.63, 3.8) is 0 Å². The molecular weight excluding hydrogens is 1140 g/mol. The van der Waals surface area contributed by atoms with Gasteiger partial charge in [0.1, 0.15) is 17.6 Å². The van der Waals surface area contributed by atoms with E-state index >= 15 is 0 Å². The second kappa shape index (κ2) is 24.4. The largest absolute Gasteiger partial charge is 0.508 e. The molecule has 1 saturated heterocycles. The van der Waals surface area contributed by atoms with Crippen molar-refractivity contribution >= 4 is 26.9 Å². The molecule has 90 heavy (non-hydrogen) atoms. The molecule has 9 aliphatic rings. The number of benzene rings is 7. The normalized spacial score (nSPS) is 30.1. The van der Waals surface area contributed by atoms with Crippen LogP contribution in [0.15, 0.2) is 168 Å². The van der Waals surface area contributed by atoms with Gasteiger partial charge in [-0.1, -0.05) is 152 Å². The summed E-state index contributed by atoms with van der Waals surface area (Å²) in [5.74, 6) is 4.90. The van der Waals surface area contributed by atoms with E-state index in [1.165, 1.54) is 21.9 Å². The SMILES string of the molecule is CC1CCc2cc3ccc2C1CC(S(=O)(=O)O)C1C=C2CC(CC4CC(CO)CC#Cc5cc(O)ccc5C2O4)C1c1ccc(cc1)C(CC(Cc1ccccc1)C1(O)CCCC(c2ccc(C(O)C4CCc5cccc6cccc4c56)cc2)C1)(N=C(N)N)O3. The van der Waals surface area contributed by atoms with Crippen LogP contribution in [0.3, 0.4) is 0 Å². The van der Waals surface area contributed by atoms with E-state index in [-0.39, 0.29) is 72.8 Å². The third-order valence-corrected chi connectivity index (χ3v) is 23.5. The van der Waals surface area contributed by atoms with Crippen molar-refractivity contribution in [1.29, 1.82) is 0 Å². The summed E-state index contributed by atoms with van der Waals surface area (Å²) in [7, 11) is -4.72. The number of hydrogen-bond donors (Lipinski definition) is 7. The van der Waals surface area contributed by atoms with Gasteiger partial charge in [-0.2, -0.15) is 8.42 Å². The lowest BCUT2D eigenvalue weighted by atomic mass is 9.64. The van der Waals surface area contributed by atoms with Crippen molar-refractivity contribution in [3.8, 4) is 23.3 Å². The molecule has 0 radical (unpaired) electrons. The van der Waals surface area contributed by atoms with Crippen LogP contribution in [0.5, 0.6) is 11.5 Å². The minimum Gasteiger partial charge on any atom is -0.508 e. The number of ether oxygens (including phenoxy) is 2. The van der Waals surface area contributed by atoms with Crippen molar-refractivity contribution in [2.75, 3.05) is 6.61 Å². The predicted octanol–water partition coefficient (Wildman–Crippen LogP) is 13.4. The second-order valence-electron chi connectivity index (χ2n) is 27.7. The molecule has 16 rings (SSSR count). The highest BCUT2D eigenvalue weighted by Gasteiger charge is 2.51. The summed E-state index contributed by atoms with van der Waals surface area (Å²) >= 11 is 0. The van der Waals surface area contributed by atoms with Crippen LogP contribution in [0.25, 0.3) is 10.8 Å². The first-order chi connectivity index (χ1) is 43.5. The fraction of sp³-hybridized carbons (Fsp3) is 0.416. The maximum atomic E-state index is 14.5. The number of guanidine groups is 1. The lowest BCUT2D eigenvalue weighted by Crippen LogP contribution is -2.48. The molecule has 10 bridgehead atoms. The van der Waals surface area contributed by atoms with E-state index in [1.54, 1.807) is 12.1 Å². The summed E-state index contributed by atoms with van der Waals surface area (Å²) in [5, 5.41) is 48.7. The molecular formula is C77H83N3O9S. The van der Waals surface area contributed by atoms with E-state index < -0.39 is 56.7 Å². The van der Waals surface area contributed by atoms with Gasteiger partial charge in [-0.3, -0.25) is 4.55 Å². The number of aromatic hydroxyl groups is 1. The average Bonchev–Trinajstić information content (AvgIpc) is 1.34. The van der Waals surface area contributed by atoms with Crippen LogP contribution in [0.1, 0.15) is 181 Å². The molecule has 0 spiro atoms. The zero-order valence-corrected chi connectivity index (χ0v) is 52.0. The van der Waals surface area contributed by atoms with Crippen LogP contribution in [0, 0.1) is 41.4 Å². The standard InChI is InChI=1S/C77H83N3O9S/c1-46-18-19-55-39-62-30-33-64(55)68(46)42-70(90(85,86)87)69-41-58-37-57(40-63-36-48(45-81)11-5-15-54-38-61(82)29-32-65(54)74(58)88-63)72(69)52-24-27-59(28-25-52)77(89-62,80-75(78)79)44-60(35-47-9-3-2-4-10-47)76(84)34-8-16-56(43-76)49-20-22-53(23-21-49)73(83)67-31-26-51-13-6-12-50-14-7-17-66(67)71(50)51/h2-4,6-7,9-10,12-14,17,20-25,27-30,32-33,38-39,41,46,48,56-57,60,63,67-70,72-74,81-84H,8,11,16,18-19,26,31,34-37,40,42-45H2,1H3,(H4,78,79,80)(H,85,86,87). The van der Waals surface area contributed by atoms with Gasteiger partial charge < -0.3 is 41.4 Å². The Morgan fingerprint density at radius 1 is 0.811 bits per heavy atom. The molecule has 0 amide bonds. The molecule has 1 saturated carbocycles. The quantitative estimate of drug-likeness (QED) is 0.0212. The van der Waals surface area contributed by atoms with Crippen molar-refractivity contribution in [2.45, 2.75) is 162 Å². The molecule has 15 unspecified atom stereocenters. The Hall–Kier alpha value is -7.28. The number of nitrogens with zero attached hydrogens (tertiary/aromatic N) is 1. The lowest BCUT2D eigenvalue weighted by Gasteiger charge is -2.46. The molecule has 9 N–H and O–H groups in total. The Kier molecular flexibility index (Phi) is 16.3. The monoisotopic (exact) mass is 1230 g/mol. The molecule has 7 aromatic rings. The second-order valence-corrected chi connectivity index (χ2v) is 29.3. The van der Waals surface area contributed by atoms with Gasteiger partial charge in [-0.15, -0.1) is 0 Å². The van der Waals surface area contributed by atoms with Gasteiger partial charge in [0.05, 0.1) is 23.1 Å². The van der Waals surface area contributed by atoms with Crippen LogP contribution in [0.4, 0.5) is 0 Å². The van der Waals surface area contributed by atoms with Gasteiger partial charge in [0.2, 0.25) is 5.72 Å². The number of allylic oxidation sites excluding steroid dienone is 1. The number of aliphatic hydroxyl groups excluding tert-OH is 2. The predicted molar refractivity (Wildman–Crippen MR) is 351 cm³/mol. The maximum absolute atomic E-state index is 14.5. The van der Waals surface area contributed by atoms with Crippen molar-refractivity contribution in [3.05, 3.63) is 225 Å². The maximum Gasteiger partial charge on any atom is 0.268 e. The van der Waals surface area contributed by atoms with E-state index in [0.717, 1.165) is 83.0 Å². The van der Waals surface area contributed by atoms with Crippen LogP contribution < -0.4 is 16.2 Å². The average molecular weight is 1230 g/mol. The number of nitrogens with two attached hydrogens (primary N) is 2. The molecule has 15 atom stereocenters. The first-order valence-corrected chi connectivity index (χ1v) is 34.3. The molecule has 5 heterocycles. The van der Waals surface area contributed by atoms with E-state index in [9.17, 15) is 33.4 Å². The summed E-state index contributed by atoms with van der Waals surface area (Å²) in [4.78, 5) is 5.20. The number of aryl methyl sites for hydroxylation is 2. The van der Waals surface area contributed by atoms with Crippen LogP contribution in [-0.4, -0.2) is 62.9 Å². The summed E-state index contributed by atoms with van der Waals surface area (Å²) in [6, 6.07) is 51.0. The van der Waals surface area contributed by atoms with Crippen molar-refractivity contribution < 1.29 is 42.9 Å². The zero-order chi connectivity index (χ0) is 62.1. The van der Waals surface area contributed by atoms with Crippen LogP contribution in [-0.2, 0) is 39.8 Å². The Morgan fingerprint density at radius 3 is 2.36 bits per heavy atom. The van der Waals surface area contributed by atoms with E-state index in [4.69, 9.17) is 25.9 Å². The number of hydrogen-bond acceptors (Lipinski definition) is 9. The highest BCUT2D eigenvalue weighted by molar-refractivity contribution is 7.86. The number of phenols is 1. The van der Waals surface area contributed by atoms with Crippen molar-refractivity contribution in [1.82, 2.24) is 0 Å². The molecule has 13 heteroatoms. The smallest absolute Gasteiger partial charge is 0.268 e. The fourth-order valence-electron chi connectivity index (χ4n) is 17.8. The van der Waals surface area contributed by atoms with Crippen LogP contribution >= 0.6 is 0 Å². The summed E-state index contributed by atoms with van der Waals surface area (Å²) in [5.41, 5.74) is 22.0. The van der Waals surface area contributed by atoms with Crippen LogP contribution in [0.2, 0.25) is 0 Å². The Balaban J connectivity index is 0.863. The highest BCUT2D eigenvalue weighted by Crippen LogP contribution is 2.56. The molecule has 2 fully saturated rings. The number of fused-ring (bicyclic) bond motifs is 9. The lowest BCUT2D eigenvalue weighted by molar-refractivity contribution is -0.0834. The molecule has 4 aliphatic carbocycles. The molecule has 7 aromatic carbocycles. The minimum atomic E-state index is -4.72. The first kappa shape index (κ1) is 60.3. The molecule has 0 aromatic heterocycles. The van der Waals surface area contributed by atoms with Gasteiger partial charge >= 0.3 is 0 Å². The Morgan fingerprint density at radius 2 is 1.58 bits per heavy atom. The van der Waals surface area contributed by atoms with Gasteiger partial charge in [0, 0.05) is 48.0 Å². The highest BCUT2D eigenvalue weighted by atomic mass is 32.2. The van der Waals surface area contributed by atoms with E-state index in [1.807, 2.05) is 42.5 Å². The minimum absolute atomic E-state index is 0.0128. The third kappa shape index (κ3) is 11.7. The first-order valence-electron chi connectivity index (χ1n) is 32.8. The molecule has 5 aliphatic heterocycles.